The highest BCUT2D eigenvalue weighted by Crippen LogP contribution is 2.44. The van der Waals surface area contributed by atoms with Crippen molar-refractivity contribution in [3.05, 3.63) is 57.2 Å². The predicted octanol–water partition coefficient (Wildman–Crippen LogP) is 6.27. The van der Waals surface area contributed by atoms with Gasteiger partial charge in [0.25, 0.3) is 0 Å². The fourth-order valence-electron chi connectivity index (χ4n) is 4.83. The maximum absolute atomic E-state index is 13.2. The molecule has 0 radical (unpaired) electrons. The molecule has 0 bridgehead atoms. The summed E-state index contributed by atoms with van der Waals surface area (Å²) in [6, 6.07) is 9.37. The molecule has 1 aliphatic heterocycles. The van der Waals surface area contributed by atoms with Crippen molar-refractivity contribution in [2.75, 3.05) is 26.7 Å². The van der Waals surface area contributed by atoms with Gasteiger partial charge in [0.2, 0.25) is 0 Å². The van der Waals surface area contributed by atoms with E-state index >= 15 is 0 Å². The number of halogens is 1. The van der Waals surface area contributed by atoms with Gasteiger partial charge in [-0.15, -0.1) is 0 Å². The summed E-state index contributed by atoms with van der Waals surface area (Å²) in [6.45, 7) is 12.1. The molecule has 0 amide bonds. The number of esters is 1. The topological polar surface area (TPSA) is 109 Å². The first kappa shape index (κ1) is 30.1. The minimum atomic E-state index is -2.01. The third-order valence-electron chi connectivity index (χ3n) is 8.13. The van der Waals surface area contributed by atoms with Crippen molar-refractivity contribution < 1.29 is 28.6 Å². The van der Waals surface area contributed by atoms with E-state index in [1.807, 2.05) is 11.9 Å². The summed E-state index contributed by atoms with van der Waals surface area (Å²) in [5.74, 6) is -1.29. The quantitative estimate of drug-likeness (QED) is 0.246. The zero-order valence-electron chi connectivity index (χ0n) is 23.9. The Bertz CT molecular complexity index is 1460. The zero-order valence-corrected chi connectivity index (χ0v) is 25.7. The Balaban J connectivity index is 1.69. The molecule has 2 aromatic carbocycles. The van der Waals surface area contributed by atoms with Crippen molar-refractivity contribution >= 4 is 36.9 Å². The van der Waals surface area contributed by atoms with Crippen molar-refractivity contribution in [2.45, 2.75) is 63.8 Å². The van der Waals surface area contributed by atoms with Crippen LogP contribution in [-0.2, 0) is 14.0 Å². The van der Waals surface area contributed by atoms with Crippen molar-refractivity contribution in [1.82, 2.24) is 4.90 Å². The number of hydrogen-bond acceptors (Lipinski definition) is 8. The number of nitrogens with zero attached hydrogens (tertiary/aromatic N) is 1. The van der Waals surface area contributed by atoms with Crippen molar-refractivity contribution in [3.63, 3.8) is 0 Å². The van der Waals surface area contributed by atoms with Gasteiger partial charge in [-0.3, -0.25) is 9.59 Å². The number of fused-ring (bicyclic) bond motifs is 1. The number of ether oxygens (including phenoxy) is 1. The number of phenolic OH excluding ortho intramolecular Hbond substituents is 2. The molecule has 3 aromatic rings. The van der Waals surface area contributed by atoms with Crippen LogP contribution in [0.2, 0.25) is 23.2 Å². The number of likely N-dealkylation sites (tertiary alicyclic amines) is 1. The molecule has 0 spiro atoms. The molecule has 1 aliphatic rings. The number of rotatable bonds is 7. The summed E-state index contributed by atoms with van der Waals surface area (Å²) in [5.41, 5.74) is 0.406. The second-order valence-electron chi connectivity index (χ2n) is 12.0. The second-order valence-corrected chi connectivity index (χ2v) is 17.2. The van der Waals surface area contributed by atoms with E-state index in [9.17, 15) is 19.8 Å². The molecule has 2 unspecified atom stereocenters. The second kappa shape index (κ2) is 11.6. The molecule has 10 heteroatoms. The molecule has 2 N–H and O–H groups in total. The van der Waals surface area contributed by atoms with Gasteiger partial charge in [0.15, 0.2) is 13.7 Å². The number of hydrogen-bond donors (Lipinski definition) is 2. The lowest BCUT2D eigenvalue weighted by molar-refractivity contribution is -0.153. The Labute approximate surface area is 240 Å². The lowest BCUT2D eigenvalue weighted by Crippen LogP contribution is -2.44. The summed E-state index contributed by atoms with van der Waals surface area (Å²) < 4.78 is 18.3. The molecule has 0 saturated carbocycles. The fourth-order valence-corrected chi connectivity index (χ4v) is 6.10. The van der Waals surface area contributed by atoms with Crippen LogP contribution in [0, 0.1) is 0 Å². The Morgan fingerprint density at radius 3 is 2.55 bits per heavy atom. The van der Waals surface area contributed by atoms with E-state index in [-0.39, 0.29) is 46.3 Å². The molecule has 2 atom stereocenters. The lowest BCUT2D eigenvalue weighted by atomic mass is 9.85. The lowest BCUT2D eigenvalue weighted by Gasteiger charge is -2.37. The van der Waals surface area contributed by atoms with E-state index in [0.29, 0.717) is 35.7 Å². The number of likely N-dealkylation sites (N-methyl/N-ethyl adjacent to an activating group) is 1. The van der Waals surface area contributed by atoms with Crippen molar-refractivity contribution in [3.8, 4) is 22.8 Å². The Kier molecular flexibility index (Phi) is 8.70. The van der Waals surface area contributed by atoms with Gasteiger partial charge in [-0.2, -0.15) is 0 Å². The van der Waals surface area contributed by atoms with Crippen molar-refractivity contribution in [1.29, 1.82) is 0 Å². The molecule has 0 aliphatic carbocycles. The Morgan fingerprint density at radius 1 is 1.18 bits per heavy atom. The van der Waals surface area contributed by atoms with Crippen LogP contribution >= 0.6 is 11.6 Å². The third kappa shape index (κ3) is 6.22. The largest absolute Gasteiger partial charge is 0.507 e. The van der Waals surface area contributed by atoms with E-state index in [1.165, 1.54) is 6.07 Å². The molecule has 1 aromatic heterocycles. The average molecular weight is 588 g/mol. The number of benzene rings is 2. The third-order valence-corrected chi connectivity index (χ3v) is 13.0. The minimum Gasteiger partial charge on any atom is -0.507 e. The molecule has 4 rings (SSSR count). The van der Waals surface area contributed by atoms with E-state index < -0.39 is 31.7 Å². The van der Waals surface area contributed by atoms with Gasteiger partial charge in [0.1, 0.15) is 34.3 Å². The normalized spacial score (nSPS) is 18.7. The molecule has 1 fully saturated rings. The van der Waals surface area contributed by atoms with Crippen LogP contribution < -0.4 is 5.43 Å². The van der Waals surface area contributed by atoms with Crippen molar-refractivity contribution in [2.24, 2.45) is 0 Å². The summed E-state index contributed by atoms with van der Waals surface area (Å²) in [5, 5.41) is 22.0. The highest BCUT2D eigenvalue weighted by molar-refractivity contribution is 6.74. The van der Waals surface area contributed by atoms with Gasteiger partial charge in [-0.1, -0.05) is 44.5 Å². The predicted molar refractivity (Wildman–Crippen MR) is 159 cm³/mol. The molecule has 216 valence electrons. The summed E-state index contributed by atoms with van der Waals surface area (Å²) in [6.07, 6.45) is 0.0163. The highest BCUT2D eigenvalue weighted by atomic mass is 35.5. The van der Waals surface area contributed by atoms with E-state index in [0.717, 1.165) is 6.07 Å². The average Bonchev–Trinajstić information content (AvgIpc) is 2.84. The van der Waals surface area contributed by atoms with E-state index in [1.54, 1.807) is 24.3 Å². The Hall–Kier alpha value is -2.85. The van der Waals surface area contributed by atoms with Crippen LogP contribution in [0.5, 0.6) is 11.5 Å². The number of carbonyl (C=O) groups is 1. The number of phenols is 2. The van der Waals surface area contributed by atoms with Gasteiger partial charge in [-0.25, -0.2) is 0 Å². The maximum atomic E-state index is 13.2. The first-order valence-electron chi connectivity index (χ1n) is 13.5. The molecule has 40 heavy (non-hydrogen) atoms. The van der Waals surface area contributed by atoms with Gasteiger partial charge < -0.3 is 28.7 Å². The molecule has 8 nitrogen and oxygen atoms in total. The van der Waals surface area contributed by atoms with Gasteiger partial charge >= 0.3 is 5.97 Å². The first-order chi connectivity index (χ1) is 18.7. The van der Waals surface area contributed by atoms with Crippen LogP contribution in [0.4, 0.5) is 0 Å². The number of aromatic hydroxyl groups is 2. The number of carbonyl (C=O) groups excluding carboxylic acids is 1. The standard InChI is InChI=1S/C30H38ClNO7Si/c1-30(2,3)40(5,6)37-14-12-26(36)38-25-17-32(4)13-11-19(25)27-21(33)15-22(34)28-23(35)16-24(39-29(27)28)18-9-7-8-10-20(18)31/h7-10,15-16,19,25,33-34H,11-14,17H2,1-6H3. The molecule has 2 heterocycles. The molecular weight excluding hydrogens is 550 g/mol. The summed E-state index contributed by atoms with van der Waals surface area (Å²) >= 11 is 6.37. The van der Waals surface area contributed by atoms with E-state index in [4.69, 9.17) is 25.2 Å². The van der Waals surface area contributed by atoms with Gasteiger partial charge in [0.05, 0.1) is 11.4 Å². The van der Waals surface area contributed by atoms with Crippen LogP contribution in [0.25, 0.3) is 22.3 Å². The number of piperidine rings is 1. The first-order valence-corrected chi connectivity index (χ1v) is 16.8. The SMILES string of the molecule is CN1CCC(c2c(O)cc(O)c3c(=O)cc(-c4ccccc4Cl)oc23)C(OC(=O)CCO[Si](C)(C)C(C)(C)C)C1. The van der Waals surface area contributed by atoms with Gasteiger partial charge in [-0.05, 0) is 50.3 Å². The zero-order chi connectivity index (χ0) is 29.4. The van der Waals surface area contributed by atoms with E-state index in [2.05, 4.69) is 33.9 Å². The molecule has 1 saturated heterocycles. The van der Waals surface area contributed by atoms with Crippen LogP contribution in [0.1, 0.15) is 45.1 Å². The smallest absolute Gasteiger partial charge is 0.308 e. The van der Waals surface area contributed by atoms with Crippen LogP contribution in [0.15, 0.2) is 45.6 Å². The highest BCUT2D eigenvalue weighted by Gasteiger charge is 2.38. The van der Waals surface area contributed by atoms with Crippen LogP contribution in [0.3, 0.4) is 0 Å². The fraction of sp³-hybridized carbons (Fsp3) is 0.467. The van der Waals surface area contributed by atoms with Crippen LogP contribution in [-0.4, -0.2) is 62.2 Å². The monoisotopic (exact) mass is 587 g/mol. The molecular formula is C30H38ClNO7Si. The Morgan fingerprint density at radius 2 is 1.88 bits per heavy atom. The summed E-state index contributed by atoms with van der Waals surface area (Å²) in [4.78, 5) is 28.2. The minimum absolute atomic E-state index is 0.0261. The maximum Gasteiger partial charge on any atom is 0.308 e. The summed E-state index contributed by atoms with van der Waals surface area (Å²) in [7, 11) is -0.0791. The van der Waals surface area contributed by atoms with Gasteiger partial charge in [0, 0.05) is 42.3 Å².